The molecule has 1 fully saturated rings. The largest absolute Gasteiger partial charge is 0.496 e. The van der Waals surface area contributed by atoms with E-state index in [0.29, 0.717) is 17.1 Å². The van der Waals surface area contributed by atoms with Crippen LogP contribution in [0.4, 0.5) is 0 Å². The van der Waals surface area contributed by atoms with E-state index in [1.54, 1.807) is 18.2 Å². The molecule has 8 heteroatoms. The second kappa shape index (κ2) is 6.11. The molecule has 0 aliphatic carbocycles. The number of hydrogen-bond acceptors (Lipinski definition) is 5. The summed E-state index contributed by atoms with van der Waals surface area (Å²) in [6.07, 6.45) is -0.0940. The maximum Gasteiger partial charge on any atom is 0.237 e. The molecule has 1 aliphatic heterocycles. The van der Waals surface area contributed by atoms with E-state index >= 15 is 0 Å². The molecule has 0 saturated carbocycles. The highest BCUT2D eigenvalue weighted by atomic mass is 35.7. The van der Waals surface area contributed by atoms with E-state index < -0.39 is 14.3 Å². The van der Waals surface area contributed by atoms with Gasteiger partial charge in [-0.3, -0.25) is 4.79 Å². The highest BCUT2D eigenvalue weighted by Crippen LogP contribution is 2.31. The number of ether oxygens (including phenoxy) is 2. The molecule has 1 saturated heterocycles. The topological polar surface area (TPSA) is 72.9 Å². The molecule has 1 aliphatic rings. The molecule has 21 heavy (non-hydrogen) atoms. The first-order chi connectivity index (χ1) is 9.86. The molecular weight excluding hydrogens is 318 g/mol. The average molecular weight is 334 g/mol. The predicted molar refractivity (Wildman–Crippen MR) is 78.1 cm³/mol. The van der Waals surface area contributed by atoms with E-state index in [4.69, 9.17) is 20.2 Å². The number of hydrogen-bond donors (Lipinski definition) is 0. The van der Waals surface area contributed by atoms with Gasteiger partial charge in [-0.05, 0) is 12.1 Å². The third kappa shape index (κ3) is 3.41. The number of halogens is 1. The van der Waals surface area contributed by atoms with Crippen molar-refractivity contribution in [3.8, 4) is 11.5 Å². The third-order valence-corrected chi connectivity index (χ3v) is 5.32. The fraction of sp³-hybridized carbons (Fsp3) is 0.462. The Morgan fingerprint density at radius 2 is 1.86 bits per heavy atom. The zero-order valence-corrected chi connectivity index (χ0v) is 13.3. The summed E-state index contributed by atoms with van der Waals surface area (Å²) in [4.78, 5) is 13.4. The first-order valence-corrected chi connectivity index (χ1v) is 8.65. The van der Waals surface area contributed by atoms with E-state index in [-0.39, 0.29) is 25.4 Å². The van der Waals surface area contributed by atoms with Crippen molar-refractivity contribution in [3.63, 3.8) is 0 Å². The normalized spacial score (nSPS) is 18.9. The first kappa shape index (κ1) is 15.9. The lowest BCUT2D eigenvalue weighted by Gasteiger charge is -2.20. The summed E-state index contributed by atoms with van der Waals surface area (Å²) < 4.78 is 33.3. The molecule has 116 valence electrons. The second-order valence-electron chi connectivity index (χ2n) is 4.72. The van der Waals surface area contributed by atoms with Crippen LogP contribution in [0.25, 0.3) is 0 Å². The van der Waals surface area contributed by atoms with Gasteiger partial charge in [-0.15, -0.1) is 0 Å². The molecule has 0 spiro atoms. The summed E-state index contributed by atoms with van der Waals surface area (Å²) in [7, 11) is 4.64. The first-order valence-electron chi connectivity index (χ1n) is 6.28. The van der Waals surface area contributed by atoms with Crippen molar-refractivity contribution in [3.05, 3.63) is 23.8 Å². The third-order valence-electron chi connectivity index (χ3n) is 3.46. The highest BCUT2D eigenvalue weighted by molar-refractivity contribution is 8.14. The Labute approximate surface area is 128 Å². The fourth-order valence-electron chi connectivity index (χ4n) is 2.35. The van der Waals surface area contributed by atoms with Gasteiger partial charge in [0, 0.05) is 23.6 Å². The lowest BCUT2D eigenvalue weighted by atomic mass is 10.1. The van der Waals surface area contributed by atoms with Gasteiger partial charge in [0.2, 0.25) is 15.0 Å². The Balaban J connectivity index is 2.25. The molecule has 0 aromatic heterocycles. The van der Waals surface area contributed by atoms with Crippen molar-refractivity contribution < 1.29 is 22.7 Å². The summed E-state index contributed by atoms with van der Waals surface area (Å²) in [6.45, 7) is 0.292. The highest BCUT2D eigenvalue weighted by Gasteiger charge is 2.37. The van der Waals surface area contributed by atoms with Crippen LogP contribution in [0.5, 0.6) is 11.5 Å². The number of carbonyl (C=O) groups is 1. The lowest BCUT2D eigenvalue weighted by Crippen LogP contribution is -2.27. The molecule has 2 rings (SSSR count). The second-order valence-corrected chi connectivity index (χ2v) is 7.63. The number of carbonyl (C=O) groups excluding carboxylic acids is 1. The summed E-state index contributed by atoms with van der Waals surface area (Å²) in [5.74, 6) is 0.913. The van der Waals surface area contributed by atoms with Gasteiger partial charge >= 0.3 is 0 Å². The zero-order chi connectivity index (χ0) is 15.6. The van der Waals surface area contributed by atoms with Crippen molar-refractivity contribution in [2.24, 2.45) is 0 Å². The van der Waals surface area contributed by atoms with Crippen LogP contribution in [0, 0.1) is 0 Å². The maximum atomic E-state index is 12.0. The Morgan fingerprint density at radius 3 is 2.29 bits per heavy atom. The minimum Gasteiger partial charge on any atom is -0.496 e. The van der Waals surface area contributed by atoms with E-state index in [9.17, 15) is 13.2 Å². The molecule has 6 nitrogen and oxygen atoms in total. The Morgan fingerprint density at radius 1 is 1.29 bits per heavy atom. The number of nitrogens with zero attached hydrogens (tertiary/aromatic N) is 1. The summed E-state index contributed by atoms with van der Waals surface area (Å²) >= 11 is 0. The van der Waals surface area contributed by atoms with Crippen LogP contribution in [-0.2, 0) is 20.4 Å². The van der Waals surface area contributed by atoms with Gasteiger partial charge in [-0.25, -0.2) is 8.42 Å². The molecule has 1 aromatic carbocycles. The number of amides is 1. The molecule has 1 aromatic rings. The molecular formula is C13H16ClNO5S. The Bertz CT molecular complexity index is 624. The standard InChI is InChI=1S/C13H16ClNO5S/c1-19-11-4-3-5-12(20-2)10(11)8-15-7-9(6-13(15)16)21(14,17)18/h3-5,9H,6-8H2,1-2H3. The molecule has 0 radical (unpaired) electrons. The van der Waals surface area contributed by atoms with Gasteiger partial charge in [0.15, 0.2) is 0 Å². The molecule has 1 unspecified atom stereocenters. The van der Waals surface area contributed by atoms with Gasteiger partial charge in [0.05, 0.1) is 26.3 Å². The molecule has 1 heterocycles. The van der Waals surface area contributed by atoms with Crippen LogP contribution in [-0.4, -0.2) is 45.2 Å². The van der Waals surface area contributed by atoms with Crippen molar-refractivity contribution in [2.45, 2.75) is 18.2 Å². The minimum atomic E-state index is -3.74. The van der Waals surface area contributed by atoms with Crippen LogP contribution in [0.2, 0.25) is 0 Å². The quantitative estimate of drug-likeness (QED) is 0.761. The molecule has 1 atom stereocenters. The van der Waals surface area contributed by atoms with Gasteiger partial charge in [0.25, 0.3) is 0 Å². The number of likely N-dealkylation sites (tertiary alicyclic amines) is 1. The van der Waals surface area contributed by atoms with Crippen molar-refractivity contribution in [2.75, 3.05) is 20.8 Å². The summed E-state index contributed by atoms with van der Waals surface area (Å²) in [5.41, 5.74) is 0.698. The maximum absolute atomic E-state index is 12.0. The van der Waals surface area contributed by atoms with E-state index in [2.05, 4.69) is 0 Å². The predicted octanol–water partition coefficient (Wildman–Crippen LogP) is 1.37. The molecule has 0 bridgehead atoms. The Kier molecular flexibility index (Phi) is 4.63. The van der Waals surface area contributed by atoms with Gasteiger partial charge in [-0.1, -0.05) is 6.07 Å². The van der Waals surface area contributed by atoms with Gasteiger partial charge in [0.1, 0.15) is 16.7 Å². The molecule has 0 N–H and O–H groups in total. The zero-order valence-electron chi connectivity index (χ0n) is 11.7. The summed E-state index contributed by atoms with van der Waals surface area (Å²) in [5, 5.41) is -0.868. The lowest BCUT2D eigenvalue weighted by molar-refractivity contribution is -0.128. The number of rotatable bonds is 5. The van der Waals surface area contributed by atoms with Crippen LogP contribution in [0.3, 0.4) is 0 Å². The SMILES string of the molecule is COc1cccc(OC)c1CN1CC(S(=O)(=O)Cl)CC1=O. The fourth-order valence-corrected chi connectivity index (χ4v) is 3.41. The molecule has 1 amide bonds. The van der Waals surface area contributed by atoms with E-state index in [1.807, 2.05) is 0 Å². The van der Waals surface area contributed by atoms with Crippen LogP contribution >= 0.6 is 10.7 Å². The van der Waals surface area contributed by atoms with Crippen molar-refractivity contribution >= 4 is 25.6 Å². The average Bonchev–Trinajstić information content (AvgIpc) is 2.80. The number of benzene rings is 1. The van der Waals surface area contributed by atoms with Gasteiger partial charge in [-0.2, -0.15) is 0 Å². The van der Waals surface area contributed by atoms with Crippen molar-refractivity contribution in [1.82, 2.24) is 4.90 Å². The van der Waals surface area contributed by atoms with Crippen LogP contribution < -0.4 is 9.47 Å². The van der Waals surface area contributed by atoms with E-state index in [1.165, 1.54) is 19.1 Å². The van der Waals surface area contributed by atoms with E-state index in [0.717, 1.165) is 0 Å². The smallest absolute Gasteiger partial charge is 0.237 e. The van der Waals surface area contributed by atoms with Crippen molar-refractivity contribution in [1.29, 1.82) is 0 Å². The van der Waals surface area contributed by atoms with Crippen LogP contribution in [0.1, 0.15) is 12.0 Å². The van der Waals surface area contributed by atoms with Crippen LogP contribution in [0.15, 0.2) is 18.2 Å². The number of methoxy groups -OCH3 is 2. The summed E-state index contributed by atoms with van der Waals surface area (Å²) in [6, 6.07) is 5.29. The Hall–Kier alpha value is -1.47. The minimum absolute atomic E-state index is 0.0753. The monoisotopic (exact) mass is 333 g/mol. The van der Waals surface area contributed by atoms with Gasteiger partial charge < -0.3 is 14.4 Å².